The first-order valence-corrected chi connectivity index (χ1v) is 16.5. The second-order valence-electron chi connectivity index (χ2n) is 13.3. The number of fused-ring (bicyclic) bond motifs is 10. The largest absolute Gasteiger partial charge is 0.309 e. The van der Waals surface area contributed by atoms with E-state index in [1.807, 2.05) is 0 Å². The van der Waals surface area contributed by atoms with E-state index >= 15 is 0 Å². The zero-order valence-corrected chi connectivity index (χ0v) is 26.4. The van der Waals surface area contributed by atoms with Gasteiger partial charge in [0.15, 0.2) is 0 Å². The molecular formula is C45H32N2. The van der Waals surface area contributed by atoms with E-state index in [4.69, 9.17) is 0 Å². The van der Waals surface area contributed by atoms with E-state index in [1.54, 1.807) is 0 Å². The summed E-state index contributed by atoms with van der Waals surface area (Å²) in [5.41, 5.74) is 15.2. The third kappa shape index (κ3) is 3.50. The molecule has 9 aromatic rings. The molecule has 0 spiro atoms. The molecule has 0 unspecified atom stereocenters. The van der Waals surface area contributed by atoms with Crippen LogP contribution in [-0.4, -0.2) is 9.13 Å². The minimum absolute atomic E-state index is 0.0554. The Morgan fingerprint density at radius 2 is 1.02 bits per heavy atom. The van der Waals surface area contributed by atoms with Gasteiger partial charge in [0.1, 0.15) is 0 Å². The first-order valence-electron chi connectivity index (χ1n) is 16.5. The zero-order valence-electron chi connectivity index (χ0n) is 26.4. The molecule has 0 atom stereocenters. The zero-order chi connectivity index (χ0) is 31.3. The van der Waals surface area contributed by atoms with E-state index < -0.39 is 0 Å². The molecule has 0 radical (unpaired) electrons. The maximum Gasteiger partial charge on any atom is 0.0641 e. The van der Waals surface area contributed by atoms with Crippen LogP contribution in [0.25, 0.3) is 77.2 Å². The van der Waals surface area contributed by atoms with Crippen molar-refractivity contribution < 1.29 is 0 Å². The molecular weight excluding hydrogens is 569 g/mol. The van der Waals surface area contributed by atoms with Gasteiger partial charge in [-0.25, -0.2) is 0 Å². The van der Waals surface area contributed by atoms with E-state index in [0.717, 1.165) is 0 Å². The van der Waals surface area contributed by atoms with Crippen LogP contribution in [0.4, 0.5) is 0 Å². The fraction of sp³-hybridized carbons (Fsp3) is 0.0667. The van der Waals surface area contributed by atoms with Gasteiger partial charge in [-0.05, 0) is 64.2 Å². The average Bonchev–Trinajstić information content (AvgIpc) is 3.72. The minimum atomic E-state index is -0.0554. The van der Waals surface area contributed by atoms with Crippen LogP contribution in [0.1, 0.15) is 25.0 Å². The molecule has 0 bridgehead atoms. The van der Waals surface area contributed by atoms with Gasteiger partial charge in [-0.1, -0.05) is 135 Å². The molecule has 2 heterocycles. The van der Waals surface area contributed by atoms with E-state index in [9.17, 15) is 0 Å². The van der Waals surface area contributed by atoms with Gasteiger partial charge in [-0.15, -0.1) is 0 Å². The molecule has 7 aromatic carbocycles. The normalized spacial score (nSPS) is 13.5. The monoisotopic (exact) mass is 600 g/mol. The molecule has 2 aromatic heterocycles. The summed E-state index contributed by atoms with van der Waals surface area (Å²) in [6.07, 6.45) is 0. The number of aromatic nitrogens is 2. The summed E-state index contributed by atoms with van der Waals surface area (Å²) in [5, 5.41) is 5.07. The lowest BCUT2D eigenvalue weighted by Gasteiger charge is -2.22. The van der Waals surface area contributed by atoms with Crippen molar-refractivity contribution in [3.8, 4) is 33.6 Å². The lowest BCUT2D eigenvalue weighted by atomic mass is 9.82. The Labute approximate surface area is 273 Å². The topological polar surface area (TPSA) is 9.86 Å². The minimum Gasteiger partial charge on any atom is -0.309 e. The molecule has 10 rings (SSSR count). The smallest absolute Gasteiger partial charge is 0.0641 e. The van der Waals surface area contributed by atoms with Gasteiger partial charge < -0.3 is 9.13 Å². The lowest BCUT2D eigenvalue weighted by Crippen LogP contribution is -2.14. The van der Waals surface area contributed by atoms with Gasteiger partial charge in [0, 0.05) is 38.2 Å². The van der Waals surface area contributed by atoms with Crippen LogP contribution in [0.5, 0.6) is 0 Å². The van der Waals surface area contributed by atoms with E-state index in [2.05, 4.69) is 181 Å². The molecule has 0 aliphatic heterocycles. The van der Waals surface area contributed by atoms with Crippen LogP contribution in [0.2, 0.25) is 0 Å². The maximum atomic E-state index is 2.50. The quantitative estimate of drug-likeness (QED) is 0.191. The predicted molar refractivity (Wildman–Crippen MR) is 198 cm³/mol. The van der Waals surface area contributed by atoms with Gasteiger partial charge in [-0.2, -0.15) is 0 Å². The molecule has 2 heteroatoms. The standard InChI is InChI=1S/C45H32N2/c1-45(2)36-22-10-6-19-34(36)42-32(21-14-23-37(42)45)30-17-7-12-25-39(30)47-40-26-13-9-20-35(40)43-41(47)28-27-33-31-18-8-11-24-38(31)46(44(33)43)29-15-4-3-5-16-29/h3-28H,1-2H3. The van der Waals surface area contributed by atoms with Crippen LogP contribution in [-0.2, 0) is 5.41 Å². The third-order valence-electron chi connectivity index (χ3n) is 10.5. The average molecular weight is 601 g/mol. The number of hydrogen-bond donors (Lipinski definition) is 0. The third-order valence-corrected chi connectivity index (χ3v) is 10.5. The van der Waals surface area contributed by atoms with Crippen LogP contribution in [0.3, 0.4) is 0 Å². The van der Waals surface area contributed by atoms with Gasteiger partial charge in [0.05, 0.1) is 27.8 Å². The highest BCUT2D eigenvalue weighted by Gasteiger charge is 2.37. The molecule has 47 heavy (non-hydrogen) atoms. The maximum absolute atomic E-state index is 2.50. The molecule has 0 saturated carbocycles. The molecule has 0 amide bonds. The Hall–Kier alpha value is -5.86. The van der Waals surface area contributed by atoms with Crippen molar-refractivity contribution in [1.29, 1.82) is 0 Å². The highest BCUT2D eigenvalue weighted by molar-refractivity contribution is 6.26. The molecule has 222 valence electrons. The Morgan fingerprint density at radius 3 is 1.85 bits per heavy atom. The van der Waals surface area contributed by atoms with Gasteiger partial charge in [0.2, 0.25) is 0 Å². The van der Waals surface area contributed by atoms with Crippen molar-refractivity contribution in [2.45, 2.75) is 19.3 Å². The summed E-state index contributed by atoms with van der Waals surface area (Å²) in [6, 6.07) is 58.0. The van der Waals surface area contributed by atoms with Crippen molar-refractivity contribution in [2.75, 3.05) is 0 Å². The molecule has 0 fully saturated rings. The summed E-state index contributed by atoms with van der Waals surface area (Å²) < 4.78 is 4.95. The first-order chi connectivity index (χ1) is 23.1. The number of rotatable bonds is 3. The van der Waals surface area contributed by atoms with Gasteiger partial charge in [-0.3, -0.25) is 0 Å². The van der Waals surface area contributed by atoms with Crippen LogP contribution in [0, 0.1) is 0 Å². The fourth-order valence-electron chi connectivity index (χ4n) is 8.49. The summed E-state index contributed by atoms with van der Waals surface area (Å²) in [5.74, 6) is 0. The van der Waals surface area contributed by atoms with E-state index in [0.29, 0.717) is 0 Å². The fourth-order valence-corrected chi connectivity index (χ4v) is 8.49. The lowest BCUT2D eigenvalue weighted by molar-refractivity contribution is 0.660. The van der Waals surface area contributed by atoms with Crippen molar-refractivity contribution in [1.82, 2.24) is 9.13 Å². The van der Waals surface area contributed by atoms with Crippen molar-refractivity contribution in [3.63, 3.8) is 0 Å². The summed E-state index contributed by atoms with van der Waals surface area (Å²) in [4.78, 5) is 0. The Bertz CT molecular complexity index is 2700. The van der Waals surface area contributed by atoms with Gasteiger partial charge in [0.25, 0.3) is 0 Å². The number of nitrogens with zero attached hydrogens (tertiary/aromatic N) is 2. The number of hydrogen-bond acceptors (Lipinski definition) is 0. The van der Waals surface area contributed by atoms with Gasteiger partial charge >= 0.3 is 0 Å². The Morgan fingerprint density at radius 1 is 0.404 bits per heavy atom. The molecule has 1 aliphatic rings. The van der Waals surface area contributed by atoms with Crippen LogP contribution < -0.4 is 0 Å². The first kappa shape index (κ1) is 26.4. The second kappa shape index (κ2) is 9.57. The molecule has 0 saturated heterocycles. The van der Waals surface area contributed by atoms with E-state index in [-0.39, 0.29) is 5.41 Å². The predicted octanol–water partition coefficient (Wildman–Crippen LogP) is 11.9. The summed E-state index contributed by atoms with van der Waals surface area (Å²) >= 11 is 0. The molecule has 0 N–H and O–H groups in total. The second-order valence-corrected chi connectivity index (χ2v) is 13.3. The summed E-state index contributed by atoms with van der Waals surface area (Å²) in [6.45, 7) is 4.72. The molecule has 2 nitrogen and oxygen atoms in total. The highest BCUT2D eigenvalue weighted by atomic mass is 15.0. The highest BCUT2D eigenvalue weighted by Crippen LogP contribution is 2.53. The van der Waals surface area contributed by atoms with Crippen LogP contribution in [0.15, 0.2) is 158 Å². The van der Waals surface area contributed by atoms with Crippen molar-refractivity contribution in [2.24, 2.45) is 0 Å². The number of benzene rings is 7. The van der Waals surface area contributed by atoms with Crippen LogP contribution >= 0.6 is 0 Å². The molecule has 1 aliphatic carbocycles. The number of para-hydroxylation sites is 4. The Balaban J connectivity index is 1.34. The SMILES string of the molecule is CC1(C)c2ccccc2-c2c(-c3ccccc3-n3c4ccccc4c4c3ccc3c5ccccc5n(-c5ccccc5)c34)cccc21. The summed E-state index contributed by atoms with van der Waals surface area (Å²) in [7, 11) is 0. The Kier molecular flexibility index (Phi) is 5.37. The van der Waals surface area contributed by atoms with Crippen molar-refractivity contribution in [3.05, 3.63) is 169 Å². The van der Waals surface area contributed by atoms with Crippen molar-refractivity contribution >= 4 is 43.6 Å². The van der Waals surface area contributed by atoms with E-state index in [1.165, 1.54) is 88.4 Å².